The first-order chi connectivity index (χ1) is 13.3. The van der Waals surface area contributed by atoms with Gasteiger partial charge in [-0.2, -0.15) is 0 Å². The maximum absolute atomic E-state index is 13.9. The normalized spacial score (nSPS) is 14.2. The second kappa shape index (κ2) is 8.43. The molecule has 0 saturated heterocycles. The van der Waals surface area contributed by atoms with Gasteiger partial charge in [0.2, 0.25) is 0 Å². The second-order valence-electron chi connectivity index (χ2n) is 6.62. The van der Waals surface area contributed by atoms with Crippen LogP contribution in [-0.2, 0) is 29.0 Å². The minimum absolute atomic E-state index is 0.215. The first-order valence-corrected chi connectivity index (χ1v) is 8.69. The summed E-state index contributed by atoms with van der Waals surface area (Å²) in [5, 5.41) is 11.6. The Morgan fingerprint density at radius 3 is 2.57 bits per heavy atom. The lowest BCUT2D eigenvalue weighted by atomic mass is 9.99. The Morgan fingerprint density at radius 1 is 1.07 bits per heavy atom. The summed E-state index contributed by atoms with van der Waals surface area (Å²) in [7, 11) is 0. The van der Waals surface area contributed by atoms with Crippen molar-refractivity contribution < 1.29 is 32.6 Å². The molecule has 0 aliphatic carbocycles. The molecule has 0 fully saturated rings. The van der Waals surface area contributed by atoms with Crippen LogP contribution in [0, 0.1) is 17.5 Å². The van der Waals surface area contributed by atoms with Crippen LogP contribution in [0.1, 0.15) is 33.5 Å². The van der Waals surface area contributed by atoms with E-state index in [1.165, 1.54) is 0 Å². The molecular weight excluding hydrogens is 375 g/mol. The fraction of sp³-hybridized carbons (Fsp3) is 0.300. The number of ether oxygens (including phenoxy) is 1. The smallest absolute Gasteiger partial charge is 0.305 e. The molecule has 0 radical (unpaired) electrons. The number of nitrogens with one attached hydrogen (secondary N) is 1. The van der Waals surface area contributed by atoms with Gasteiger partial charge in [-0.1, -0.05) is 6.07 Å². The maximum Gasteiger partial charge on any atom is 0.305 e. The van der Waals surface area contributed by atoms with Crippen LogP contribution < -0.4 is 5.32 Å². The fourth-order valence-corrected chi connectivity index (χ4v) is 3.14. The average molecular weight is 393 g/mol. The van der Waals surface area contributed by atoms with Gasteiger partial charge in [-0.25, -0.2) is 13.2 Å². The third-order valence-electron chi connectivity index (χ3n) is 4.55. The van der Waals surface area contributed by atoms with Crippen molar-refractivity contribution >= 4 is 11.9 Å². The first kappa shape index (κ1) is 19.9. The van der Waals surface area contributed by atoms with Gasteiger partial charge in [-0.15, -0.1) is 0 Å². The van der Waals surface area contributed by atoms with Gasteiger partial charge in [-0.3, -0.25) is 9.59 Å². The molecule has 1 heterocycles. The zero-order valence-corrected chi connectivity index (χ0v) is 14.8. The van der Waals surface area contributed by atoms with Gasteiger partial charge in [0.05, 0.1) is 19.6 Å². The molecule has 1 aliphatic heterocycles. The Balaban J connectivity index is 1.78. The van der Waals surface area contributed by atoms with Crippen LogP contribution in [0.25, 0.3) is 0 Å². The summed E-state index contributed by atoms with van der Waals surface area (Å²) in [4.78, 5) is 23.7. The number of hydrogen-bond donors (Lipinski definition) is 2. The van der Waals surface area contributed by atoms with Gasteiger partial charge in [0.25, 0.3) is 5.91 Å². The Kier molecular flexibility index (Phi) is 5.99. The number of carboxylic acids is 1. The van der Waals surface area contributed by atoms with E-state index in [0.717, 1.165) is 11.1 Å². The zero-order valence-electron chi connectivity index (χ0n) is 14.8. The van der Waals surface area contributed by atoms with E-state index in [-0.39, 0.29) is 12.0 Å². The highest BCUT2D eigenvalue weighted by Gasteiger charge is 2.21. The number of fused-ring (bicyclic) bond motifs is 1. The van der Waals surface area contributed by atoms with Crippen LogP contribution in [0.4, 0.5) is 13.2 Å². The van der Waals surface area contributed by atoms with Crippen molar-refractivity contribution in [3.8, 4) is 0 Å². The standard InChI is InChI=1S/C20H18F3NO4/c21-16-9-18(23)17(22)7-14(16)6-15(8-19(25)26)24-20(27)12-1-2-13-10-28-4-3-11(13)5-12/h1-2,5,7,9,15H,3-4,6,8,10H2,(H,24,27)(H,25,26). The summed E-state index contributed by atoms with van der Waals surface area (Å²) < 4.78 is 45.7. The predicted molar refractivity (Wildman–Crippen MR) is 93.3 cm³/mol. The number of amides is 1. The molecular formula is C20H18F3NO4. The Labute approximate surface area is 159 Å². The van der Waals surface area contributed by atoms with E-state index in [1.807, 2.05) is 0 Å². The van der Waals surface area contributed by atoms with Crippen molar-refractivity contribution in [1.82, 2.24) is 5.32 Å². The quantitative estimate of drug-likeness (QED) is 0.740. The number of carboxylic acid groups (broad SMARTS) is 1. The zero-order chi connectivity index (χ0) is 20.3. The molecule has 8 heteroatoms. The molecule has 2 aromatic carbocycles. The van der Waals surface area contributed by atoms with Gasteiger partial charge < -0.3 is 15.2 Å². The van der Waals surface area contributed by atoms with E-state index < -0.39 is 41.8 Å². The fourth-order valence-electron chi connectivity index (χ4n) is 3.14. The average Bonchev–Trinajstić information content (AvgIpc) is 2.65. The summed E-state index contributed by atoms with van der Waals surface area (Å²) in [5.74, 6) is -5.32. The molecule has 1 amide bonds. The highest BCUT2D eigenvalue weighted by Crippen LogP contribution is 2.20. The summed E-state index contributed by atoms with van der Waals surface area (Å²) in [6.07, 6.45) is -0.127. The molecule has 1 aliphatic rings. The summed E-state index contributed by atoms with van der Waals surface area (Å²) in [6, 6.07) is 5.15. The van der Waals surface area contributed by atoms with Gasteiger partial charge in [0, 0.05) is 17.7 Å². The number of halogens is 3. The molecule has 0 saturated carbocycles. The molecule has 2 N–H and O–H groups in total. The first-order valence-electron chi connectivity index (χ1n) is 8.69. The van der Waals surface area contributed by atoms with Crippen molar-refractivity contribution in [2.75, 3.05) is 6.61 Å². The third-order valence-corrected chi connectivity index (χ3v) is 4.55. The lowest BCUT2D eigenvalue weighted by Crippen LogP contribution is -2.38. The molecule has 0 spiro atoms. The van der Waals surface area contributed by atoms with Crippen LogP contribution in [-0.4, -0.2) is 29.6 Å². The van der Waals surface area contributed by atoms with Crippen molar-refractivity contribution in [2.24, 2.45) is 0 Å². The molecule has 3 rings (SSSR count). The number of aliphatic carboxylic acids is 1. The largest absolute Gasteiger partial charge is 0.481 e. The monoisotopic (exact) mass is 393 g/mol. The number of rotatable bonds is 6. The molecule has 0 bridgehead atoms. The Morgan fingerprint density at radius 2 is 1.82 bits per heavy atom. The molecule has 1 unspecified atom stereocenters. The highest BCUT2D eigenvalue weighted by atomic mass is 19.2. The number of carbonyl (C=O) groups excluding carboxylic acids is 1. The van der Waals surface area contributed by atoms with Crippen LogP contribution >= 0.6 is 0 Å². The number of hydrogen-bond acceptors (Lipinski definition) is 3. The minimum Gasteiger partial charge on any atom is -0.481 e. The van der Waals surface area contributed by atoms with E-state index in [9.17, 15) is 22.8 Å². The van der Waals surface area contributed by atoms with E-state index in [1.54, 1.807) is 18.2 Å². The molecule has 0 aromatic heterocycles. The van der Waals surface area contributed by atoms with Gasteiger partial charge in [-0.05, 0) is 47.7 Å². The van der Waals surface area contributed by atoms with Crippen molar-refractivity contribution in [2.45, 2.75) is 31.9 Å². The predicted octanol–water partition coefficient (Wildman–Crippen LogP) is 2.99. The molecule has 2 aromatic rings. The number of carbonyl (C=O) groups is 2. The molecule has 148 valence electrons. The molecule has 1 atom stereocenters. The van der Waals surface area contributed by atoms with E-state index in [2.05, 4.69) is 5.32 Å². The van der Waals surface area contributed by atoms with Crippen molar-refractivity contribution in [3.63, 3.8) is 0 Å². The Bertz CT molecular complexity index is 917. The summed E-state index contributed by atoms with van der Waals surface area (Å²) in [6.45, 7) is 1.02. The lowest BCUT2D eigenvalue weighted by Gasteiger charge is -2.20. The maximum atomic E-state index is 13.9. The SMILES string of the molecule is O=C(O)CC(Cc1cc(F)c(F)cc1F)NC(=O)c1ccc2c(c1)CCOC2. The van der Waals surface area contributed by atoms with E-state index in [4.69, 9.17) is 9.84 Å². The van der Waals surface area contributed by atoms with Gasteiger partial charge >= 0.3 is 5.97 Å². The van der Waals surface area contributed by atoms with Crippen molar-refractivity contribution in [1.29, 1.82) is 0 Å². The highest BCUT2D eigenvalue weighted by molar-refractivity contribution is 5.95. The van der Waals surface area contributed by atoms with Gasteiger partial charge in [0.15, 0.2) is 11.6 Å². The molecule has 28 heavy (non-hydrogen) atoms. The van der Waals surface area contributed by atoms with Crippen LogP contribution in [0.2, 0.25) is 0 Å². The van der Waals surface area contributed by atoms with Crippen LogP contribution in [0.15, 0.2) is 30.3 Å². The summed E-state index contributed by atoms with van der Waals surface area (Å²) >= 11 is 0. The Hall–Kier alpha value is -2.87. The van der Waals surface area contributed by atoms with Crippen molar-refractivity contribution in [3.05, 3.63) is 70.0 Å². The van der Waals surface area contributed by atoms with E-state index >= 15 is 0 Å². The second-order valence-corrected chi connectivity index (χ2v) is 6.62. The van der Waals surface area contributed by atoms with E-state index in [0.29, 0.717) is 37.3 Å². The minimum atomic E-state index is -1.34. The van der Waals surface area contributed by atoms with Crippen LogP contribution in [0.5, 0.6) is 0 Å². The number of benzene rings is 2. The molecule has 5 nitrogen and oxygen atoms in total. The van der Waals surface area contributed by atoms with Crippen LogP contribution in [0.3, 0.4) is 0 Å². The lowest BCUT2D eigenvalue weighted by molar-refractivity contribution is -0.137. The topological polar surface area (TPSA) is 75.6 Å². The third kappa shape index (κ3) is 4.69. The summed E-state index contributed by atoms with van der Waals surface area (Å²) in [5.41, 5.74) is 2.07. The van der Waals surface area contributed by atoms with Gasteiger partial charge in [0.1, 0.15) is 5.82 Å².